The van der Waals surface area contributed by atoms with Crippen molar-refractivity contribution in [1.29, 1.82) is 0 Å². The predicted molar refractivity (Wildman–Crippen MR) is 103 cm³/mol. The average Bonchev–Trinajstić information content (AvgIpc) is 3.04. The van der Waals surface area contributed by atoms with Crippen molar-refractivity contribution in [3.8, 4) is 5.75 Å². The Balaban J connectivity index is 2.00. The normalized spacial score (nSPS) is 12.1. The summed E-state index contributed by atoms with van der Waals surface area (Å²) in [6, 6.07) is 8.15. The highest BCUT2D eigenvalue weighted by Crippen LogP contribution is 2.31. The molecule has 0 aliphatic rings. The Labute approximate surface area is 161 Å². The number of benzene rings is 2. The van der Waals surface area contributed by atoms with Gasteiger partial charge < -0.3 is 9.15 Å². The molecule has 2 aromatic carbocycles. The van der Waals surface area contributed by atoms with Crippen LogP contribution in [0.2, 0.25) is 0 Å². The molecule has 0 aliphatic heterocycles. The lowest BCUT2D eigenvalue weighted by Gasteiger charge is -2.11. The summed E-state index contributed by atoms with van der Waals surface area (Å²) in [5, 5.41) is 11.3. The number of aromatic nitrogens is 1. The first-order valence-electron chi connectivity index (χ1n) is 8.27. The molecule has 0 aliphatic carbocycles. The molecule has 0 saturated heterocycles. The lowest BCUT2D eigenvalue weighted by atomic mass is 9.97. The number of anilines is 1. The first kappa shape index (κ1) is 19.6. The second kappa shape index (κ2) is 6.79. The van der Waals surface area contributed by atoms with E-state index >= 15 is 0 Å². The molecule has 0 radical (unpaired) electrons. The van der Waals surface area contributed by atoms with Crippen molar-refractivity contribution in [3.63, 3.8) is 0 Å². The Morgan fingerprint density at radius 3 is 2.50 bits per heavy atom. The van der Waals surface area contributed by atoms with Gasteiger partial charge in [-0.25, -0.2) is 13.4 Å². The van der Waals surface area contributed by atoms with Crippen LogP contribution in [0, 0.1) is 10.1 Å². The zero-order valence-electron chi connectivity index (χ0n) is 15.7. The molecule has 0 amide bonds. The van der Waals surface area contributed by atoms with Gasteiger partial charge in [0.25, 0.3) is 15.7 Å². The van der Waals surface area contributed by atoms with Crippen LogP contribution in [0.15, 0.2) is 45.7 Å². The molecule has 28 heavy (non-hydrogen) atoms. The van der Waals surface area contributed by atoms with E-state index < -0.39 is 25.5 Å². The van der Waals surface area contributed by atoms with Crippen LogP contribution in [0.25, 0.3) is 11.1 Å². The summed E-state index contributed by atoms with van der Waals surface area (Å²) < 4.78 is 38.4. The van der Waals surface area contributed by atoms with Gasteiger partial charge in [-0.2, -0.15) is 0 Å². The van der Waals surface area contributed by atoms with Gasteiger partial charge in [0, 0.05) is 5.41 Å². The Morgan fingerprint density at radius 2 is 1.89 bits per heavy atom. The largest absolute Gasteiger partial charge is 0.497 e. The molecule has 0 bridgehead atoms. The number of hydrogen-bond donors (Lipinski definition) is 1. The number of methoxy groups -OCH3 is 1. The van der Waals surface area contributed by atoms with Gasteiger partial charge in [0.15, 0.2) is 10.5 Å². The monoisotopic (exact) mass is 405 g/mol. The van der Waals surface area contributed by atoms with Gasteiger partial charge in [-0.3, -0.25) is 14.8 Å². The number of rotatable bonds is 5. The topological polar surface area (TPSA) is 125 Å². The first-order chi connectivity index (χ1) is 13.0. The van der Waals surface area contributed by atoms with Crippen LogP contribution in [-0.4, -0.2) is 25.4 Å². The standard InChI is InChI=1S/C18H19N3O6S/c1-18(2,3)17-19-13-9-11(5-7-15(13)27-17)20-28(24,25)16-8-6-12(26-4)10-14(16)21(22)23/h5-10,20H,1-4H3. The Bertz CT molecular complexity index is 1160. The fourth-order valence-electron chi connectivity index (χ4n) is 2.52. The number of nitro groups is 1. The van der Waals surface area contributed by atoms with Crippen molar-refractivity contribution in [2.75, 3.05) is 11.8 Å². The van der Waals surface area contributed by atoms with Crippen molar-refractivity contribution in [2.45, 2.75) is 31.1 Å². The van der Waals surface area contributed by atoms with Crippen molar-refractivity contribution < 1.29 is 22.5 Å². The van der Waals surface area contributed by atoms with Crippen LogP contribution in [0.3, 0.4) is 0 Å². The molecule has 148 valence electrons. The minimum absolute atomic E-state index is 0.185. The molecule has 10 heteroatoms. The predicted octanol–water partition coefficient (Wildman–Crippen LogP) is 3.84. The Kier molecular flexibility index (Phi) is 4.76. The molecule has 0 spiro atoms. The highest BCUT2D eigenvalue weighted by Gasteiger charge is 2.27. The smallest absolute Gasteiger partial charge is 0.293 e. The number of fused-ring (bicyclic) bond motifs is 1. The van der Waals surface area contributed by atoms with E-state index in [0.717, 1.165) is 12.1 Å². The summed E-state index contributed by atoms with van der Waals surface area (Å²) in [7, 11) is -2.87. The van der Waals surface area contributed by atoms with Gasteiger partial charge in [0.05, 0.1) is 23.8 Å². The number of oxazole rings is 1. The SMILES string of the molecule is COc1ccc(S(=O)(=O)Nc2ccc3oc(C(C)(C)C)nc3c2)c([N+](=O)[O-])c1. The summed E-state index contributed by atoms with van der Waals surface area (Å²) in [6.45, 7) is 5.85. The quantitative estimate of drug-likeness (QED) is 0.505. The Morgan fingerprint density at radius 1 is 1.18 bits per heavy atom. The van der Waals surface area contributed by atoms with Crippen molar-refractivity contribution in [1.82, 2.24) is 4.98 Å². The van der Waals surface area contributed by atoms with E-state index in [1.807, 2.05) is 20.8 Å². The molecule has 1 heterocycles. The Hall–Kier alpha value is -3.14. The summed E-state index contributed by atoms with van der Waals surface area (Å²) in [4.78, 5) is 14.5. The second-order valence-electron chi connectivity index (χ2n) is 7.15. The number of nitrogens with zero attached hydrogens (tertiary/aromatic N) is 2. The minimum atomic E-state index is -4.21. The van der Waals surface area contributed by atoms with Gasteiger partial charge in [0.1, 0.15) is 11.3 Å². The van der Waals surface area contributed by atoms with E-state index in [1.165, 1.54) is 25.3 Å². The molecule has 0 saturated carbocycles. The minimum Gasteiger partial charge on any atom is -0.497 e. The average molecular weight is 405 g/mol. The highest BCUT2D eigenvalue weighted by molar-refractivity contribution is 7.92. The van der Waals surface area contributed by atoms with E-state index in [-0.39, 0.29) is 16.9 Å². The third kappa shape index (κ3) is 3.77. The van der Waals surface area contributed by atoms with Gasteiger partial charge >= 0.3 is 0 Å². The third-order valence-corrected chi connectivity index (χ3v) is 5.36. The number of nitrogens with one attached hydrogen (secondary N) is 1. The number of ether oxygens (including phenoxy) is 1. The molecule has 9 nitrogen and oxygen atoms in total. The van der Waals surface area contributed by atoms with Crippen LogP contribution < -0.4 is 9.46 Å². The molecule has 3 aromatic rings. The maximum atomic E-state index is 12.7. The highest BCUT2D eigenvalue weighted by atomic mass is 32.2. The van der Waals surface area contributed by atoms with Gasteiger partial charge in [0.2, 0.25) is 5.89 Å². The molecular formula is C18H19N3O6S. The zero-order valence-corrected chi connectivity index (χ0v) is 16.5. The van der Waals surface area contributed by atoms with Gasteiger partial charge in [-0.05, 0) is 30.3 Å². The van der Waals surface area contributed by atoms with E-state index in [1.54, 1.807) is 6.07 Å². The second-order valence-corrected chi connectivity index (χ2v) is 8.80. The molecule has 0 atom stereocenters. The van der Waals surface area contributed by atoms with Crippen molar-refractivity contribution >= 4 is 32.5 Å². The number of hydrogen-bond acceptors (Lipinski definition) is 7. The summed E-state index contributed by atoms with van der Waals surface area (Å²) in [5.74, 6) is 0.706. The van der Waals surface area contributed by atoms with Crippen molar-refractivity contribution in [3.05, 3.63) is 52.4 Å². The molecule has 1 N–H and O–H groups in total. The molecule has 0 unspecified atom stereocenters. The van der Waals surface area contributed by atoms with Crippen molar-refractivity contribution in [2.24, 2.45) is 0 Å². The molecule has 1 aromatic heterocycles. The molecule has 0 fully saturated rings. The summed E-state index contributed by atoms with van der Waals surface area (Å²) in [6.07, 6.45) is 0. The van der Waals surface area contributed by atoms with E-state index in [2.05, 4.69) is 9.71 Å². The maximum absolute atomic E-state index is 12.7. The van der Waals surface area contributed by atoms with E-state index in [4.69, 9.17) is 9.15 Å². The fraction of sp³-hybridized carbons (Fsp3) is 0.278. The van der Waals surface area contributed by atoms with Crippen LogP contribution in [0.1, 0.15) is 26.7 Å². The van der Waals surface area contributed by atoms with E-state index in [9.17, 15) is 18.5 Å². The molecule has 3 rings (SSSR count). The fourth-order valence-corrected chi connectivity index (χ4v) is 3.72. The lowest BCUT2D eigenvalue weighted by Crippen LogP contribution is -2.14. The first-order valence-corrected chi connectivity index (χ1v) is 9.76. The van der Waals surface area contributed by atoms with Crippen LogP contribution >= 0.6 is 0 Å². The van der Waals surface area contributed by atoms with Crippen LogP contribution in [0.5, 0.6) is 5.75 Å². The zero-order chi connectivity index (χ0) is 20.7. The summed E-state index contributed by atoms with van der Waals surface area (Å²) in [5.41, 5.74) is 0.330. The van der Waals surface area contributed by atoms with Gasteiger partial charge in [-0.15, -0.1) is 0 Å². The van der Waals surface area contributed by atoms with E-state index in [0.29, 0.717) is 17.0 Å². The van der Waals surface area contributed by atoms with Crippen LogP contribution in [-0.2, 0) is 15.4 Å². The van der Waals surface area contributed by atoms with Gasteiger partial charge in [-0.1, -0.05) is 20.8 Å². The summed E-state index contributed by atoms with van der Waals surface area (Å²) >= 11 is 0. The number of sulfonamides is 1. The molecular weight excluding hydrogens is 386 g/mol. The lowest BCUT2D eigenvalue weighted by molar-refractivity contribution is -0.387. The maximum Gasteiger partial charge on any atom is 0.293 e. The number of nitro benzene ring substituents is 1. The third-order valence-electron chi connectivity index (χ3n) is 3.93. The van der Waals surface area contributed by atoms with Crippen LogP contribution in [0.4, 0.5) is 11.4 Å².